The second-order valence-corrected chi connectivity index (χ2v) is 6.01. The Hall–Kier alpha value is -1.66. The molecule has 0 amide bonds. The van der Waals surface area contributed by atoms with Crippen molar-refractivity contribution in [1.29, 1.82) is 0 Å². The summed E-state index contributed by atoms with van der Waals surface area (Å²) in [6.07, 6.45) is 0. The van der Waals surface area contributed by atoms with Gasteiger partial charge in [0.2, 0.25) is 0 Å². The molecular weight excluding hydrogens is 292 g/mol. The van der Waals surface area contributed by atoms with Crippen LogP contribution in [0.2, 0.25) is 0 Å². The van der Waals surface area contributed by atoms with E-state index >= 15 is 0 Å². The lowest BCUT2D eigenvalue weighted by Gasteiger charge is -2.09. The van der Waals surface area contributed by atoms with Crippen LogP contribution in [0.15, 0.2) is 29.1 Å². The van der Waals surface area contributed by atoms with Gasteiger partial charge in [-0.2, -0.15) is 0 Å². The largest absolute Gasteiger partial charge is 0.492 e. The van der Waals surface area contributed by atoms with Gasteiger partial charge in [0.25, 0.3) is 0 Å². The van der Waals surface area contributed by atoms with Crippen LogP contribution < -0.4 is 15.3 Å². The molecule has 1 aromatic carbocycles. The summed E-state index contributed by atoms with van der Waals surface area (Å²) in [4.78, 5) is 13.2. The summed E-state index contributed by atoms with van der Waals surface area (Å²) in [5.41, 5.74) is 7.35. The monoisotopic (exact) mass is 308 g/mol. The van der Waals surface area contributed by atoms with Crippen LogP contribution in [-0.4, -0.2) is 16.2 Å². The number of thiocarbonyl (C=S) groups is 1. The summed E-state index contributed by atoms with van der Waals surface area (Å²) in [6, 6.07) is 7.33. The zero-order chi connectivity index (χ0) is 14.7. The van der Waals surface area contributed by atoms with Gasteiger partial charge >= 0.3 is 4.87 Å². The highest BCUT2D eigenvalue weighted by Crippen LogP contribution is 2.14. The van der Waals surface area contributed by atoms with Gasteiger partial charge in [0.05, 0.1) is 6.54 Å². The Labute approximate surface area is 126 Å². The Bertz CT molecular complexity index is 689. The van der Waals surface area contributed by atoms with Crippen molar-refractivity contribution in [2.24, 2.45) is 5.73 Å². The number of ether oxygens (including phenoxy) is 1. The first-order chi connectivity index (χ1) is 9.49. The average Bonchev–Trinajstić information content (AvgIpc) is 2.65. The van der Waals surface area contributed by atoms with Crippen molar-refractivity contribution in [2.45, 2.75) is 20.4 Å². The molecule has 0 aliphatic heterocycles. The molecule has 0 spiro atoms. The van der Waals surface area contributed by atoms with Crippen LogP contribution in [0.4, 0.5) is 0 Å². The molecule has 0 saturated carbocycles. The van der Waals surface area contributed by atoms with Crippen LogP contribution in [0.25, 0.3) is 0 Å². The van der Waals surface area contributed by atoms with E-state index in [0.29, 0.717) is 23.9 Å². The quantitative estimate of drug-likeness (QED) is 0.861. The van der Waals surface area contributed by atoms with Crippen molar-refractivity contribution in [3.05, 3.63) is 50.1 Å². The van der Waals surface area contributed by atoms with Crippen molar-refractivity contribution in [2.75, 3.05) is 6.61 Å². The van der Waals surface area contributed by atoms with Gasteiger partial charge in [0, 0.05) is 16.1 Å². The maximum atomic E-state index is 11.7. The highest BCUT2D eigenvalue weighted by Gasteiger charge is 2.07. The highest BCUT2D eigenvalue weighted by atomic mass is 32.1. The molecule has 0 saturated heterocycles. The minimum Gasteiger partial charge on any atom is -0.492 e. The Balaban J connectivity index is 2.01. The predicted octanol–water partition coefficient (Wildman–Crippen LogP) is 2.24. The molecule has 0 bridgehead atoms. The van der Waals surface area contributed by atoms with E-state index in [2.05, 4.69) is 0 Å². The number of aromatic nitrogens is 1. The zero-order valence-electron chi connectivity index (χ0n) is 11.4. The van der Waals surface area contributed by atoms with Crippen molar-refractivity contribution < 1.29 is 4.74 Å². The van der Waals surface area contributed by atoms with Crippen LogP contribution in [0.1, 0.15) is 16.1 Å². The lowest BCUT2D eigenvalue weighted by molar-refractivity contribution is 0.296. The van der Waals surface area contributed by atoms with E-state index < -0.39 is 0 Å². The van der Waals surface area contributed by atoms with Crippen LogP contribution in [0, 0.1) is 13.8 Å². The molecule has 4 nitrogen and oxygen atoms in total. The predicted molar refractivity (Wildman–Crippen MR) is 85.9 cm³/mol. The van der Waals surface area contributed by atoms with Gasteiger partial charge in [-0.3, -0.25) is 9.36 Å². The standard InChI is InChI=1S/C14H16N2O2S2/c1-9-10(2)20-14(17)16(9)6-7-18-12-5-3-4-11(8-12)13(15)19/h3-5,8H,6-7H2,1-2H3,(H2,15,19). The summed E-state index contributed by atoms with van der Waals surface area (Å²) in [5, 5.41) is 0. The fourth-order valence-electron chi connectivity index (χ4n) is 1.84. The van der Waals surface area contributed by atoms with E-state index in [9.17, 15) is 4.79 Å². The molecule has 0 atom stereocenters. The van der Waals surface area contributed by atoms with Gasteiger partial charge in [-0.1, -0.05) is 35.7 Å². The summed E-state index contributed by atoms with van der Waals surface area (Å²) in [6.45, 7) is 4.86. The van der Waals surface area contributed by atoms with Crippen molar-refractivity contribution in [1.82, 2.24) is 4.57 Å². The average molecular weight is 308 g/mol. The molecule has 2 aromatic rings. The molecule has 106 valence electrons. The Morgan fingerprint density at radius 2 is 2.20 bits per heavy atom. The van der Waals surface area contributed by atoms with Gasteiger partial charge in [0.1, 0.15) is 17.3 Å². The number of benzene rings is 1. The fraction of sp³-hybridized carbons (Fsp3) is 0.286. The normalized spacial score (nSPS) is 10.5. The van der Waals surface area contributed by atoms with Crippen LogP contribution in [0.5, 0.6) is 5.75 Å². The van der Waals surface area contributed by atoms with Gasteiger partial charge in [0.15, 0.2) is 0 Å². The second-order valence-electron chi connectivity index (χ2n) is 4.40. The van der Waals surface area contributed by atoms with Crippen molar-refractivity contribution in [3.63, 3.8) is 0 Å². The zero-order valence-corrected chi connectivity index (χ0v) is 13.0. The number of rotatable bonds is 5. The third-order valence-corrected chi connectivity index (χ3v) is 4.31. The first-order valence-corrected chi connectivity index (χ1v) is 7.41. The van der Waals surface area contributed by atoms with Gasteiger partial charge < -0.3 is 10.5 Å². The maximum Gasteiger partial charge on any atom is 0.307 e. The number of thiazole rings is 1. The van der Waals surface area contributed by atoms with Gasteiger partial charge in [-0.15, -0.1) is 0 Å². The van der Waals surface area contributed by atoms with E-state index in [4.69, 9.17) is 22.7 Å². The number of nitrogens with zero attached hydrogens (tertiary/aromatic N) is 1. The number of hydrogen-bond donors (Lipinski definition) is 1. The Morgan fingerprint density at radius 3 is 2.80 bits per heavy atom. The lowest BCUT2D eigenvalue weighted by Crippen LogP contribution is -2.19. The van der Waals surface area contributed by atoms with Crippen LogP contribution in [-0.2, 0) is 6.54 Å². The van der Waals surface area contributed by atoms with Gasteiger partial charge in [-0.25, -0.2) is 0 Å². The third-order valence-electron chi connectivity index (χ3n) is 3.08. The van der Waals surface area contributed by atoms with Crippen LogP contribution in [0.3, 0.4) is 0 Å². The molecule has 0 radical (unpaired) electrons. The van der Waals surface area contributed by atoms with Crippen LogP contribution >= 0.6 is 23.6 Å². The first kappa shape index (κ1) is 14.7. The Kier molecular flexibility index (Phi) is 4.57. The molecular formula is C14H16N2O2S2. The van der Waals surface area contributed by atoms with E-state index in [1.807, 2.05) is 32.0 Å². The minimum absolute atomic E-state index is 0.0560. The second kappa shape index (κ2) is 6.19. The molecule has 1 aromatic heterocycles. The third kappa shape index (κ3) is 3.26. The molecule has 20 heavy (non-hydrogen) atoms. The molecule has 0 unspecified atom stereocenters. The smallest absolute Gasteiger partial charge is 0.307 e. The molecule has 6 heteroatoms. The highest BCUT2D eigenvalue weighted by molar-refractivity contribution is 7.80. The Morgan fingerprint density at radius 1 is 1.45 bits per heavy atom. The summed E-state index contributed by atoms with van der Waals surface area (Å²) in [7, 11) is 0. The summed E-state index contributed by atoms with van der Waals surface area (Å²) in [5.74, 6) is 0.702. The van der Waals surface area contributed by atoms with Crippen molar-refractivity contribution >= 4 is 28.5 Å². The van der Waals surface area contributed by atoms with E-state index in [-0.39, 0.29) is 4.87 Å². The maximum absolute atomic E-state index is 11.7. The summed E-state index contributed by atoms with van der Waals surface area (Å²) >= 11 is 6.19. The molecule has 2 rings (SSSR count). The lowest BCUT2D eigenvalue weighted by atomic mass is 10.2. The van der Waals surface area contributed by atoms with Gasteiger partial charge in [-0.05, 0) is 26.0 Å². The molecule has 0 aliphatic carbocycles. The molecule has 0 aliphatic rings. The number of aryl methyl sites for hydroxylation is 1. The molecule has 0 fully saturated rings. The number of hydrogen-bond acceptors (Lipinski definition) is 4. The first-order valence-electron chi connectivity index (χ1n) is 6.18. The molecule has 2 N–H and O–H groups in total. The SMILES string of the molecule is Cc1sc(=O)n(CCOc2cccc(C(N)=S)c2)c1C. The summed E-state index contributed by atoms with van der Waals surface area (Å²) < 4.78 is 7.38. The minimum atomic E-state index is 0.0560. The number of nitrogens with two attached hydrogens (primary N) is 1. The fourth-order valence-corrected chi connectivity index (χ4v) is 2.83. The molecule has 1 heterocycles. The van der Waals surface area contributed by atoms with Crippen molar-refractivity contribution in [3.8, 4) is 5.75 Å². The van der Waals surface area contributed by atoms with E-state index in [1.54, 1.807) is 10.6 Å². The van der Waals surface area contributed by atoms with E-state index in [0.717, 1.165) is 16.1 Å². The van der Waals surface area contributed by atoms with E-state index in [1.165, 1.54) is 11.3 Å². The topological polar surface area (TPSA) is 57.2 Å².